The second kappa shape index (κ2) is 8.90. The number of ether oxygens (including phenoxy) is 3. The van der Waals surface area contributed by atoms with Crippen molar-refractivity contribution in [2.75, 3.05) is 39.8 Å². The summed E-state index contributed by atoms with van der Waals surface area (Å²) in [6.45, 7) is 0.809. The van der Waals surface area contributed by atoms with Crippen LogP contribution in [0, 0.1) is 0 Å². The van der Waals surface area contributed by atoms with Gasteiger partial charge in [-0.25, -0.2) is 4.98 Å². The maximum Gasteiger partial charge on any atom is 0.160 e. The highest BCUT2D eigenvalue weighted by Crippen LogP contribution is 2.36. The zero-order valence-electron chi connectivity index (χ0n) is 18.1. The second-order valence-electron chi connectivity index (χ2n) is 7.37. The van der Waals surface area contributed by atoms with E-state index in [1.54, 1.807) is 21.3 Å². The molecule has 0 aliphatic carbocycles. The van der Waals surface area contributed by atoms with Crippen molar-refractivity contribution in [1.29, 1.82) is 0 Å². The Morgan fingerprint density at radius 3 is 2.35 bits per heavy atom. The molecule has 0 saturated carbocycles. The van der Waals surface area contributed by atoms with E-state index >= 15 is 0 Å². The Kier molecular flexibility index (Phi) is 6.05. The number of benzene rings is 3. The third-order valence-electron chi connectivity index (χ3n) is 5.48. The van der Waals surface area contributed by atoms with Gasteiger partial charge in [0.2, 0.25) is 0 Å². The maximum absolute atomic E-state index is 6.25. The average molecular weight is 437 g/mol. The van der Waals surface area contributed by atoms with Gasteiger partial charge in [0.1, 0.15) is 5.75 Å². The number of methoxy groups -OCH3 is 3. The van der Waals surface area contributed by atoms with Crippen molar-refractivity contribution in [2.45, 2.75) is 6.42 Å². The van der Waals surface area contributed by atoms with Crippen molar-refractivity contribution in [1.82, 2.24) is 4.98 Å². The third-order valence-corrected chi connectivity index (χ3v) is 5.72. The molecule has 1 aromatic heterocycles. The summed E-state index contributed by atoms with van der Waals surface area (Å²) >= 11 is 6.25. The van der Waals surface area contributed by atoms with Crippen LogP contribution in [0.5, 0.6) is 17.2 Å². The van der Waals surface area contributed by atoms with Crippen LogP contribution in [0.1, 0.15) is 5.56 Å². The predicted molar refractivity (Wildman–Crippen MR) is 127 cm³/mol. The number of hydrogen-bond acceptors (Lipinski definition) is 5. The van der Waals surface area contributed by atoms with Crippen LogP contribution in [-0.4, -0.2) is 39.9 Å². The first kappa shape index (κ1) is 21.1. The van der Waals surface area contributed by atoms with E-state index in [1.807, 2.05) is 48.5 Å². The van der Waals surface area contributed by atoms with Crippen LogP contribution in [0.15, 0.2) is 54.6 Å². The van der Waals surface area contributed by atoms with E-state index in [4.69, 9.17) is 30.8 Å². The van der Waals surface area contributed by atoms with Crippen molar-refractivity contribution in [3.8, 4) is 17.2 Å². The first-order chi connectivity index (χ1) is 15.0. The molecule has 0 aliphatic heterocycles. The molecule has 0 N–H and O–H groups in total. The molecular weight excluding hydrogens is 412 g/mol. The van der Waals surface area contributed by atoms with E-state index in [1.165, 1.54) is 5.56 Å². The van der Waals surface area contributed by atoms with Crippen LogP contribution in [0.4, 0.5) is 5.69 Å². The van der Waals surface area contributed by atoms with E-state index in [0.717, 1.165) is 57.7 Å². The Labute approximate surface area is 187 Å². The Balaban J connectivity index is 1.74. The normalized spacial score (nSPS) is 11.0. The summed E-state index contributed by atoms with van der Waals surface area (Å²) in [6, 6.07) is 17.8. The number of nitrogens with zero attached hydrogens (tertiary/aromatic N) is 2. The van der Waals surface area contributed by atoms with E-state index in [0.29, 0.717) is 5.02 Å². The fourth-order valence-corrected chi connectivity index (χ4v) is 4.02. The van der Waals surface area contributed by atoms with E-state index in [2.05, 4.69) is 18.0 Å². The molecule has 5 nitrogen and oxygen atoms in total. The summed E-state index contributed by atoms with van der Waals surface area (Å²) in [5.74, 6) is 2.27. The molecule has 0 atom stereocenters. The zero-order valence-corrected chi connectivity index (χ0v) is 18.9. The van der Waals surface area contributed by atoms with Gasteiger partial charge in [-0.3, -0.25) is 0 Å². The topological polar surface area (TPSA) is 43.8 Å². The molecular formula is C25H25ClN2O3. The van der Waals surface area contributed by atoms with Crippen LogP contribution in [0.25, 0.3) is 21.8 Å². The lowest BCUT2D eigenvalue weighted by Gasteiger charge is -2.24. The lowest BCUT2D eigenvalue weighted by atomic mass is 10.1. The van der Waals surface area contributed by atoms with Gasteiger partial charge in [-0.05, 0) is 60.5 Å². The molecule has 4 rings (SSSR count). The quantitative estimate of drug-likeness (QED) is 0.345. The molecule has 0 bridgehead atoms. The van der Waals surface area contributed by atoms with Crippen LogP contribution in [-0.2, 0) is 6.42 Å². The number of fused-ring (bicyclic) bond motifs is 2. The standard InChI is InChI=1S/C25H25ClN2O3/c1-28(12-11-16-5-10-23(30-3)24(13-16)31-4)25-19-8-6-17(26)14-22(19)27-21-9-7-18(29-2)15-20(21)25/h5-10,13-15H,11-12H2,1-4H3. The van der Waals surface area contributed by atoms with Gasteiger partial charge in [-0.15, -0.1) is 0 Å². The highest BCUT2D eigenvalue weighted by Gasteiger charge is 2.15. The average Bonchev–Trinajstić information content (AvgIpc) is 2.80. The highest BCUT2D eigenvalue weighted by atomic mass is 35.5. The molecule has 31 heavy (non-hydrogen) atoms. The SMILES string of the molecule is COc1ccc2nc3cc(Cl)ccc3c(N(C)CCc3ccc(OC)c(OC)c3)c2c1. The van der Waals surface area contributed by atoms with E-state index in [-0.39, 0.29) is 0 Å². The number of likely N-dealkylation sites (N-methyl/N-ethyl adjacent to an activating group) is 1. The summed E-state index contributed by atoms with van der Waals surface area (Å²) in [4.78, 5) is 7.08. The lowest BCUT2D eigenvalue weighted by molar-refractivity contribution is 0.354. The number of pyridine rings is 1. The van der Waals surface area contributed by atoms with Crippen molar-refractivity contribution in [3.05, 3.63) is 65.2 Å². The molecule has 0 unspecified atom stereocenters. The maximum atomic E-state index is 6.25. The monoisotopic (exact) mass is 436 g/mol. The Bertz CT molecular complexity index is 1240. The molecule has 1 heterocycles. The Morgan fingerprint density at radius 1 is 0.806 bits per heavy atom. The van der Waals surface area contributed by atoms with Crippen molar-refractivity contribution >= 4 is 39.1 Å². The third kappa shape index (κ3) is 4.19. The summed E-state index contributed by atoms with van der Waals surface area (Å²) in [7, 11) is 7.08. The van der Waals surface area contributed by atoms with Gasteiger partial charge in [-0.1, -0.05) is 17.7 Å². The number of halogens is 1. The molecule has 0 radical (unpaired) electrons. The molecule has 4 aromatic rings. The summed E-state index contributed by atoms with van der Waals surface area (Å²) in [6.07, 6.45) is 0.847. The smallest absolute Gasteiger partial charge is 0.160 e. The van der Waals surface area contributed by atoms with Crippen molar-refractivity contribution in [3.63, 3.8) is 0 Å². The van der Waals surface area contributed by atoms with Gasteiger partial charge >= 0.3 is 0 Å². The van der Waals surface area contributed by atoms with Crippen molar-refractivity contribution < 1.29 is 14.2 Å². The molecule has 6 heteroatoms. The first-order valence-corrected chi connectivity index (χ1v) is 10.4. The fraction of sp³-hybridized carbons (Fsp3) is 0.240. The lowest BCUT2D eigenvalue weighted by Crippen LogP contribution is -2.21. The van der Waals surface area contributed by atoms with Crippen molar-refractivity contribution in [2.24, 2.45) is 0 Å². The minimum atomic E-state index is 0.673. The zero-order chi connectivity index (χ0) is 22.0. The van der Waals surface area contributed by atoms with Gasteiger partial charge < -0.3 is 19.1 Å². The minimum absolute atomic E-state index is 0.673. The predicted octanol–water partition coefficient (Wildman–Crippen LogP) is 5.75. The van der Waals surface area contributed by atoms with E-state index in [9.17, 15) is 0 Å². The molecule has 0 aliphatic rings. The molecule has 0 fully saturated rings. The summed E-state index contributed by atoms with van der Waals surface area (Å²) in [5, 5.41) is 2.77. The van der Waals surface area contributed by atoms with E-state index < -0.39 is 0 Å². The molecule has 160 valence electrons. The van der Waals surface area contributed by atoms with Gasteiger partial charge in [0.25, 0.3) is 0 Å². The largest absolute Gasteiger partial charge is 0.497 e. The van der Waals surface area contributed by atoms with Gasteiger partial charge in [-0.2, -0.15) is 0 Å². The molecule has 0 amide bonds. The summed E-state index contributed by atoms with van der Waals surface area (Å²) in [5.41, 5.74) is 4.06. The Hall–Kier alpha value is -3.18. The van der Waals surface area contributed by atoms with Gasteiger partial charge in [0.05, 0.1) is 38.1 Å². The van der Waals surface area contributed by atoms with Crippen LogP contribution in [0.3, 0.4) is 0 Å². The van der Waals surface area contributed by atoms with Gasteiger partial charge in [0.15, 0.2) is 11.5 Å². The number of anilines is 1. The van der Waals surface area contributed by atoms with Gasteiger partial charge in [0, 0.05) is 29.4 Å². The number of rotatable bonds is 7. The first-order valence-electron chi connectivity index (χ1n) is 10.0. The number of aromatic nitrogens is 1. The fourth-order valence-electron chi connectivity index (χ4n) is 3.86. The highest BCUT2D eigenvalue weighted by molar-refractivity contribution is 6.31. The summed E-state index contributed by atoms with van der Waals surface area (Å²) < 4.78 is 16.3. The molecule has 0 saturated heterocycles. The minimum Gasteiger partial charge on any atom is -0.497 e. The molecule has 3 aromatic carbocycles. The molecule has 0 spiro atoms. The Morgan fingerprint density at radius 2 is 1.61 bits per heavy atom. The second-order valence-corrected chi connectivity index (χ2v) is 7.80. The van der Waals surface area contributed by atoms with Crippen LogP contribution in [0.2, 0.25) is 5.02 Å². The van der Waals surface area contributed by atoms with Crippen LogP contribution >= 0.6 is 11.6 Å². The van der Waals surface area contributed by atoms with Crippen LogP contribution < -0.4 is 19.1 Å². The number of hydrogen-bond donors (Lipinski definition) is 0.